The maximum absolute atomic E-state index is 13.0. The summed E-state index contributed by atoms with van der Waals surface area (Å²) in [4.78, 5) is 0. The van der Waals surface area contributed by atoms with Gasteiger partial charge in [-0.1, -0.05) is 0 Å². The van der Waals surface area contributed by atoms with Gasteiger partial charge in [-0.3, -0.25) is 0 Å². The fourth-order valence-electron chi connectivity index (χ4n) is 1.40. The first kappa shape index (κ1) is 11.2. The minimum absolute atomic E-state index is 0.217. The molecule has 5 heteroatoms. The Balaban J connectivity index is 2.42. The topological polar surface area (TPSA) is 26.0 Å². The minimum atomic E-state index is -1.47. The molecule has 84 valence electrons. The normalized spacial score (nSPS) is 12.8. The van der Waals surface area contributed by atoms with E-state index in [2.05, 4.69) is 0 Å². The van der Waals surface area contributed by atoms with Gasteiger partial charge in [0.2, 0.25) is 0 Å². The van der Waals surface area contributed by atoms with Gasteiger partial charge in [0.15, 0.2) is 17.5 Å². The summed E-state index contributed by atoms with van der Waals surface area (Å²) in [5.74, 6) is -3.91. The third kappa shape index (κ3) is 1.96. The quantitative estimate of drug-likeness (QED) is 0.805. The lowest BCUT2D eigenvalue weighted by atomic mass is 10.0. The van der Waals surface area contributed by atoms with E-state index < -0.39 is 23.5 Å². The Bertz CT molecular complexity index is 473. The summed E-state index contributed by atoms with van der Waals surface area (Å²) in [7, 11) is 0. The summed E-state index contributed by atoms with van der Waals surface area (Å²) in [6.45, 7) is 0. The van der Waals surface area contributed by atoms with Crippen LogP contribution in [-0.2, 0) is 0 Å². The van der Waals surface area contributed by atoms with Crippen LogP contribution in [0.15, 0.2) is 29.0 Å². The number of hydrogen-bond donors (Lipinski definition) is 1. The summed E-state index contributed by atoms with van der Waals surface area (Å²) >= 11 is 1.43. The molecule has 0 bridgehead atoms. The average molecular weight is 243 g/mol. The lowest BCUT2D eigenvalue weighted by Crippen LogP contribution is -2.12. The molecule has 0 saturated heterocycles. The van der Waals surface area contributed by atoms with Crippen LogP contribution >= 0.6 is 11.3 Å². The Morgan fingerprint density at radius 3 is 2.19 bits per heavy atom. The van der Waals surface area contributed by atoms with Crippen molar-refractivity contribution in [3.05, 3.63) is 57.5 Å². The Labute approximate surface area is 94.3 Å². The van der Waals surface area contributed by atoms with E-state index in [9.17, 15) is 13.2 Å². The first-order valence-electron chi connectivity index (χ1n) is 4.51. The number of benzene rings is 1. The van der Waals surface area contributed by atoms with Crippen molar-refractivity contribution in [3.8, 4) is 0 Å². The maximum atomic E-state index is 13.0. The minimum Gasteiger partial charge on any atom is -0.320 e. The van der Waals surface area contributed by atoms with E-state index in [-0.39, 0.29) is 5.56 Å². The SMILES string of the molecule is N[C@@H](c1ccsc1)c1cc(F)c(F)c(F)c1. The number of nitrogens with two attached hydrogens (primary N) is 1. The van der Waals surface area contributed by atoms with Gasteiger partial charge in [0.1, 0.15) is 0 Å². The highest BCUT2D eigenvalue weighted by Gasteiger charge is 2.16. The Morgan fingerprint density at radius 2 is 1.69 bits per heavy atom. The molecular formula is C11H8F3NS. The molecule has 0 saturated carbocycles. The highest BCUT2D eigenvalue weighted by Crippen LogP contribution is 2.24. The molecule has 1 aromatic carbocycles. The molecule has 0 spiro atoms. The van der Waals surface area contributed by atoms with Crippen molar-refractivity contribution in [2.24, 2.45) is 5.73 Å². The largest absolute Gasteiger partial charge is 0.320 e. The number of rotatable bonds is 2. The van der Waals surface area contributed by atoms with Crippen LogP contribution in [0.25, 0.3) is 0 Å². The van der Waals surface area contributed by atoms with Gasteiger partial charge in [0.05, 0.1) is 6.04 Å². The van der Waals surface area contributed by atoms with Gasteiger partial charge < -0.3 is 5.73 Å². The van der Waals surface area contributed by atoms with Crippen molar-refractivity contribution in [2.75, 3.05) is 0 Å². The number of hydrogen-bond acceptors (Lipinski definition) is 2. The third-order valence-corrected chi connectivity index (χ3v) is 2.97. The van der Waals surface area contributed by atoms with Crippen molar-refractivity contribution < 1.29 is 13.2 Å². The van der Waals surface area contributed by atoms with Crippen LogP contribution in [-0.4, -0.2) is 0 Å². The zero-order valence-corrected chi connectivity index (χ0v) is 8.90. The smallest absolute Gasteiger partial charge is 0.194 e. The van der Waals surface area contributed by atoms with E-state index in [1.165, 1.54) is 11.3 Å². The summed E-state index contributed by atoms with van der Waals surface area (Å²) in [6, 6.07) is 2.95. The maximum Gasteiger partial charge on any atom is 0.194 e. The first-order chi connectivity index (χ1) is 7.59. The molecule has 0 aliphatic carbocycles. The Hall–Kier alpha value is -1.33. The van der Waals surface area contributed by atoms with Crippen LogP contribution < -0.4 is 5.73 Å². The van der Waals surface area contributed by atoms with Crippen LogP contribution in [0.5, 0.6) is 0 Å². The predicted molar refractivity (Wildman–Crippen MR) is 56.7 cm³/mol. The van der Waals surface area contributed by atoms with Crippen LogP contribution in [0.4, 0.5) is 13.2 Å². The highest BCUT2D eigenvalue weighted by atomic mass is 32.1. The van der Waals surface area contributed by atoms with Gasteiger partial charge >= 0.3 is 0 Å². The molecule has 0 aliphatic heterocycles. The van der Waals surface area contributed by atoms with Crippen molar-refractivity contribution in [1.29, 1.82) is 0 Å². The summed E-state index contributed by atoms with van der Waals surface area (Å²) < 4.78 is 38.7. The van der Waals surface area contributed by atoms with Crippen LogP contribution in [0, 0.1) is 17.5 Å². The summed E-state index contributed by atoms with van der Waals surface area (Å²) in [6.07, 6.45) is 0. The van der Waals surface area contributed by atoms with E-state index in [1.54, 1.807) is 11.4 Å². The molecule has 1 atom stereocenters. The van der Waals surface area contributed by atoms with Crippen LogP contribution in [0.3, 0.4) is 0 Å². The zero-order valence-electron chi connectivity index (χ0n) is 8.08. The van der Waals surface area contributed by atoms with E-state index in [1.807, 2.05) is 5.38 Å². The standard InChI is InChI=1S/C11H8F3NS/c12-8-3-7(4-9(13)10(8)14)11(15)6-1-2-16-5-6/h1-5,11H,15H2/t11-/m0/s1. The fraction of sp³-hybridized carbons (Fsp3) is 0.0909. The van der Waals surface area contributed by atoms with E-state index in [0.717, 1.165) is 17.7 Å². The molecule has 0 fully saturated rings. The predicted octanol–water partition coefficient (Wildman–Crippen LogP) is 3.21. The lowest BCUT2D eigenvalue weighted by molar-refractivity contribution is 0.444. The molecule has 1 aromatic heterocycles. The van der Waals surface area contributed by atoms with E-state index in [0.29, 0.717) is 0 Å². The molecule has 0 amide bonds. The van der Waals surface area contributed by atoms with E-state index >= 15 is 0 Å². The van der Waals surface area contributed by atoms with Crippen molar-refractivity contribution in [2.45, 2.75) is 6.04 Å². The average Bonchev–Trinajstić information content (AvgIpc) is 2.77. The molecule has 0 aliphatic rings. The van der Waals surface area contributed by atoms with Crippen molar-refractivity contribution in [1.82, 2.24) is 0 Å². The molecule has 2 rings (SSSR count). The molecule has 2 N–H and O–H groups in total. The first-order valence-corrected chi connectivity index (χ1v) is 5.46. The molecule has 2 aromatic rings. The highest BCUT2D eigenvalue weighted by molar-refractivity contribution is 7.08. The molecule has 1 heterocycles. The molecule has 1 nitrogen and oxygen atoms in total. The third-order valence-electron chi connectivity index (χ3n) is 2.27. The van der Waals surface area contributed by atoms with Crippen molar-refractivity contribution in [3.63, 3.8) is 0 Å². The second-order valence-corrected chi connectivity index (χ2v) is 4.11. The van der Waals surface area contributed by atoms with Gasteiger partial charge in [-0.15, -0.1) is 0 Å². The van der Waals surface area contributed by atoms with Gasteiger partial charge in [0.25, 0.3) is 0 Å². The number of thiophene rings is 1. The summed E-state index contributed by atoms with van der Waals surface area (Å²) in [5, 5.41) is 3.59. The molecule has 0 unspecified atom stereocenters. The summed E-state index contributed by atoms with van der Waals surface area (Å²) in [5.41, 5.74) is 6.76. The number of halogens is 3. The van der Waals surface area contributed by atoms with Crippen LogP contribution in [0.2, 0.25) is 0 Å². The van der Waals surface area contributed by atoms with Gasteiger partial charge in [0, 0.05) is 0 Å². The second-order valence-electron chi connectivity index (χ2n) is 3.33. The molecule has 16 heavy (non-hydrogen) atoms. The van der Waals surface area contributed by atoms with Gasteiger partial charge in [-0.25, -0.2) is 13.2 Å². The van der Waals surface area contributed by atoms with E-state index in [4.69, 9.17) is 5.73 Å². The van der Waals surface area contributed by atoms with Crippen LogP contribution in [0.1, 0.15) is 17.2 Å². The van der Waals surface area contributed by atoms with Gasteiger partial charge in [-0.05, 0) is 40.1 Å². The zero-order chi connectivity index (χ0) is 11.7. The lowest BCUT2D eigenvalue weighted by Gasteiger charge is -2.11. The fourth-order valence-corrected chi connectivity index (χ4v) is 2.10. The molecular weight excluding hydrogens is 235 g/mol. The van der Waals surface area contributed by atoms with Crippen molar-refractivity contribution >= 4 is 11.3 Å². The van der Waals surface area contributed by atoms with Gasteiger partial charge in [-0.2, -0.15) is 11.3 Å². The monoisotopic (exact) mass is 243 g/mol. The second kappa shape index (κ2) is 4.27. The Kier molecular flexibility index (Phi) is 2.98. The molecule has 0 radical (unpaired) electrons. The Morgan fingerprint density at radius 1 is 1.06 bits per heavy atom.